The van der Waals surface area contributed by atoms with Crippen molar-refractivity contribution in [2.75, 3.05) is 18.7 Å². The number of anilines is 2. The molecule has 1 N–H and O–H groups in total. The molecule has 1 aliphatic rings. The average molecular weight is 531 g/mol. The van der Waals surface area contributed by atoms with E-state index in [-0.39, 0.29) is 12.5 Å². The zero-order valence-corrected chi connectivity index (χ0v) is 22.6. The van der Waals surface area contributed by atoms with E-state index in [1.165, 1.54) is 12.1 Å². The Morgan fingerprint density at radius 2 is 1.87 bits per heavy atom. The summed E-state index contributed by atoms with van der Waals surface area (Å²) in [6.07, 6.45) is 3.97. The second kappa shape index (κ2) is 10.7. The van der Waals surface area contributed by atoms with Crippen LogP contribution in [0.2, 0.25) is 25.7 Å². The topological polar surface area (TPSA) is 101 Å². The molecule has 9 nitrogen and oxygen atoms in total. The third-order valence-electron chi connectivity index (χ3n) is 6.17. The Bertz CT molecular complexity index is 1510. The highest BCUT2D eigenvalue weighted by molar-refractivity contribution is 6.76. The molecule has 0 unspecified atom stereocenters. The second-order valence-corrected chi connectivity index (χ2v) is 16.0. The molecule has 196 valence electrons. The first kappa shape index (κ1) is 25.5. The molecular formula is C28H30N4O5Si. The van der Waals surface area contributed by atoms with E-state index >= 15 is 0 Å². The highest BCUT2D eigenvalue weighted by Crippen LogP contribution is 2.33. The zero-order valence-electron chi connectivity index (χ0n) is 21.6. The summed E-state index contributed by atoms with van der Waals surface area (Å²) in [6.45, 7) is 8.23. The fourth-order valence-corrected chi connectivity index (χ4v) is 4.84. The van der Waals surface area contributed by atoms with Gasteiger partial charge in [-0.25, -0.2) is 4.68 Å². The first-order valence-electron chi connectivity index (χ1n) is 12.4. The maximum Gasteiger partial charge on any atom is 0.271 e. The van der Waals surface area contributed by atoms with Crippen LogP contribution in [0.5, 0.6) is 11.5 Å². The quantitative estimate of drug-likeness (QED) is 0.103. The van der Waals surface area contributed by atoms with Crippen molar-refractivity contribution in [3.05, 3.63) is 82.0 Å². The van der Waals surface area contributed by atoms with E-state index in [4.69, 9.17) is 19.3 Å². The van der Waals surface area contributed by atoms with E-state index in [0.717, 1.165) is 45.4 Å². The van der Waals surface area contributed by atoms with Crippen molar-refractivity contribution in [3.8, 4) is 11.5 Å². The Balaban J connectivity index is 1.43. The van der Waals surface area contributed by atoms with Crippen LogP contribution < -0.4 is 14.8 Å². The third kappa shape index (κ3) is 6.04. The largest absolute Gasteiger partial charge is 0.454 e. The first-order valence-corrected chi connectivity index (χ1v) is 16.1. The van der Waals surface area contributed by atoms with Crippen LogP contribution in [-0.4, -0.2) is 36.2 Å². The number of benzene rings is 3. The number of nitrogens with one attached hydrogen (secondary N) is 1. The normalized spacial score (nSPS) is 12.9. The molecule has 0 saturated heterocycles. The number of nitrogens with zero attached hydrogens (tertiary/aromatic N) is 3. The molecular weight excluding hydrogens is 500 g/mol. The van der Waals surface area contributed by atoms with Crippen molar-refractivity contribution in [2.45, 2.75) is 32.4 Å². The van der Waals surface area contributed by atoms with Gasteiger partial charge in [-0.2, -0.15) is 5.10 Å². The Morgan fingerprint density at radius 3 is 2.68 bits per heavy atom. The van der Waals surface area contributed by atoms with Gasteiger partial charge >= 0.3 is 0 Å². The van der Waals surface area contributed by atoms with Crippen LogP contribution in [0.15, 0.2) is 60.7 Å². The minimum absolute atomic E-state index is 0.0351. The van der Waals surface area contributed by atoms with Gasteiger partial charge in [-0.05, 0) is 54.1 Å². The predicted molar refractivity (Wildman–Crippen MR) is 152 cm³/mol. The van der Waals surface area contributed by atoms with Crippen LogP contribution >= 0.6 is 0 Å². The van der Waals surface area contributed by atoms with Crippen molar-refractivity contribution >= 4 is 48.2 Å². The van der Waals surface area contributed by atoms with Crippen LogP contribution in [0.3, 0.4) is 0 Å². The van der Waals surface area contributed by atoms with Gasteiger partial charge < -0.3 is 19.5 Å². The SMILES string of the molecule is C[Si](C)(C)CCOCn1nc(C=Cc2ccc3c(c2)OCO3)c2ccc(Nc3cccc([N+](=O)[O-])c3)cc21. The Labute approximate surface area is 221 Å². The van der Waals surface area contributed by atoms with E-state index < -0.39 is 13.0 Å². The van der Waals surface area contributed by atoms with Gasteiger partial charge in [-0.1, -0.05) is 37.8 Å². The van der Waals surface area contributed by atoms with E-state index in [1.807, 2.05) is 53.2 Å². The van der Waals surface area contributed by atoms with Crippen molar-refractivity contribution in [1.82, 2.24) is 9.78 Å². The molecule has 3 aromatic carbocycles. The van der Waals surface area contributed by atoms with Crippen LogP contribution in [0.1, 0.15) is 11.3 Å². The summed E-state index contributed by atoms with van der Waals surface area (Å²) < 4.78 is 18.8. The summed E-state index contributed by atoms with van der Waals surface area (Å²) in [6, 6.07) is 19.3. The van der Waals surface area contributed by atoms with Crippen molar-refractivity contribution in [3.63, 3.8) is 0 Å². The average Bonchev–Trinajstić information content (AvgIpc) is 3.49. The van der Waals surface area contributed by atoms with E-state index in [2.05, 4.69) is 25.0 Å². The molecule has 0 amide bonds. The Hall–Kier alpha value is -4.15. The molecule has 2 heterocycles. The highest BCUT2D eigenvalue weighted by Gasteiger charge is 2.15. The van der Waals surface area contributed by atoms with E-state index in [1.54, 1.807) is 12.1 Å². The minimum Gasteiger partial charge on any atom is -0.454 e. The molecule has 1 aromatic heterocycles. The predicted octanol–water partition coefficient (Wildman–Crippen LogP) is 6.90. The molecule has 1 aliphatic heterocycles. The van der Waals surface area contributed by atoms with Gasteiger partial charge in [0.15, 0.2) is 11.5 Å². The molecule has 0 aliphatic carbocycles. The number of rotatable bonds is 10. The van der Waals surface area contributed by atoms with Crippen LogP contribution in [0.25, 0.3) is 23.1 Å². The maximum absolute atomic E-state index is 11.2. The fourth-order valence-electron chi connectivity index (χ4n) is 4.08. The van der Waals surface area contributed by atoms with Gasteiger partial charge in [0.05, 0.1) is 16.1 Å². The zero-order chi connectivity index (χ0) is 26.7. The number of fused-ring (bicyclic) bond motifs is 2. The van der Waals surface area contributed by atoms with Crippen LogP contribution in [0.4, 0.5) is 17.1 Å². The van der Waals surface area contributed by atoms with Gasteiger partial charge in [0.25, 0.3) is 5.69 Å². The number of hydrogen-bond acceptors (Lipinski definition) is 7. The second-order valence-electron chi connectivity index (χ2n) is 10.3. The van der Waals surface area contributed by atoms with Crippen molar-refractivity contribution < 1.29 is 19.1 Å². The number of ether oxygens (including phenoxy) is 3. The van der Waals surface area contributed by atoms with Gasteiger partial charge in [0.2, 0.25) is 6.79 Å². The lowest BCUT2D eigenvalue weighted by molar-refractivity contribution is -0.384. The standard InChI is InChI=1S/C28H30N4O5Si/c1-38(2,3)14-13-35-18-31-26-17-22(29-21-5-4-6-23(16-21)32(33)34)9-10-24(26)25(30-31)11-7-20-8-12-27-28(15-20)37-19-36-27/h4-12,15-17,29H,13-14,18-19H2,1-3H3. The summed E-state index contributed by atoms with van der Waals surface area (Å²) in [7, 11) is -1.21. The molecule has 0 spiro atoms. The number of non-ortho nitro benzene ring substituents is 1. The first-order chi connectivity index (χ1) is 18.2. The fraction of sp³-hybridized carbons (Fsp3) is 0.250. The van der Waals surface area contributed by atoms with Crippen molar-refractivity contribution in [1.29, 1.82) is 0 Å². The Kier molecular flexibility index (Phi) is 7.17. The van der Waals surface area contributed by atoms with Gasteiger partial charge in [-0.15, -0.1) is 0 Å². The molecule has 10 heteroatoms. The number of nitro benzene ring substituents is 1. The summed E-state index contributed by atoms with van der Waals surface area (Å²) in [5, 5.41) is 20.3. The summed E-state index contributed by atoms with van der Waals surface area (Å²) in [4.78, 5) is 10.8. The maximum atomic E-state index is 11.2. The van der Waals surface area contributed by atoms with Gasteiger partial charge in [0, 0.05) is 43.6 Å². The van der Waals surface area contributed by atoms with E-state index in [0.29, 0.717) is 19.0 Å². The minimum atomic E-state index is -1.21. The summed E-state index contributed by atoms with van der Waals surface area (Å²) in [5.74, 6) is 1.48. The molecule has 4 aromatic rings. The molecule has 38 heavy (non-hydrogen) atoms. The lowest BCUT2D eigenvalue weighted by atomic mass is 10.1. The van der Waals surface area contributed by atoms with Crippen molar-refractivity contribution in [2.24, 2.45) is 0 Å². The molecule has 0 radical (unpaired) electrons. The molecule has 0 bridgehead atoms. The lowest BCUT2D eigenvalue weighted by Gasteiger charge is -2.15. The third-order valence-corrected chi connectivity index (χ3v) is 7.87. The summed E-state index contributed by atoms with van der Waals surface area (Å²) >= 11 is 0. The summed E-state index contributed by atoms with van der Waals surface area (Å²) in [5.41, 5.74) is 4.17. The monoisotopic (exact) mass is 530 g/mol. The van der Waals surface area contributed by atoms with Gasteiger partial charge in [-0.3, -0.25) is 10.1 Å². The smallest absolute Gasteiger partial charge is 0.271 e. The molecule has 5 rings (SSSR count). The van der Waals surface area contributed by atoms with Crippen LogP contribution in [0, 0.1) is 10.1 Å². The van der Waals surface area contributed by atoms with E-state index in [9.17, 15) is 10.1 Å². The van der Waals surface area contributed by atoms with Gasteiger partial charge in [0.1, 0.15) is 6.73 Å². The number of nitro groups is 1. The Morgan fingerprint density at radius 1 is 1.05 bits per heavy atom. The number of aromatic nitrogens is 2. The molecule has 0 saturated carbocycles. The van der Waals surface area contributed by atoms with Crippen LogP contribution in [-0.2, 0) is 11.5 Å². The molecule has 0 fully saturated rings. The highest BCUT2D eigenvalue weighted by atomic mass is 28.3. The lowest BCUT2D eigenvalue weighted by Crippen LogP contribution is -2.22. The molecule has 0 atom stereocenters. The number of hydrogen-bond donors (Lipinski definition) is 1.